The Balaban J connectivity index is 2.36. The van der Waals surface area contributed by atoms with Gasteiger partial charge in [0.25, 0.3) is 0 Å². The molecule has 74 valence electrons. The van der Waals surface area contributed by atoms with Crippen molar-refractivity contribution in [2.24, 2.45) is 0 Å². The van der Waals surface area contributed by atoms with Gasteiger partial charge in [-0.25, -0.2) is 9.97 Å². The first kappa shape index (κ1) is 9.68. The second kappa shape index (κ2) is 4.11. The van der Waals surface area contributed by atoms with E-state index in [1.807, 2.05) is 6.20 Å². The van der Waals surface area contributed by atoms with Gasteiger partial charge in [-0.2, -0.15) is 5.10 Å². The number of aromatic nitrogens is 4. The van der Waals surface area contributed by atoms with E-state index >= 15 is 0 Å². The second-order valence-corrected chi connectivity index (χ2v) is 3.57. The predicted octanol–water partition coefficient (Wildman–Crippen LogP) is 2.11. The van der Waals surface area contributed by atoms with E-state index in [4.69, 9.17) is 23.2 Å². The van der Waals surface area contributed by atoms with Gasteiger partial charge in [-0.3, -0.25) is 4.68 Å². The largest absolute Gasteiger partial charge is 0.270 e. The van der Waals surface area contributed by atoms with Crippen molar-refractivity contribution in [1.29, 1.82) is 0 Å². The molecule has 0 N–H and O–H groups in total. The molecule has 2 heterocycles. The first-order valence-electron chi connectivity index (χ1n) is 4.21. The van der Waals surface area contributed by atoms with Crippen molar-refractivity contribution in [3.05, 3.63) is 17.7 Å². The third kappa shape index (κ3) is 1.81. The van der Waals surface area contributed by atoms with Gasteiger partial charge in [-0.05, 0) is 6.42 Å². The monoisotopic (exact) mass is 230 g/mol. The Morgan fingerprint density at radius 3 is 2.93 bits per heavy atom. The van der Waals surface area contributed by atoms with Crippen molar-refractivity contribution < 1.29 is 0 Å². The van der Waals surface area contributed by atoms with Crippen LogP contribution in [0.15, 0.2) is 12.5 Å². The summed E-state index contributed by atoms with van der Waals surface area (Å²) < 4.78 is 1.79. The first-order chi connectivity index (χ1) is 6.81. The molecule has 0 saturated carbocycles. The van der Waals surface area contributed by atoms with Crippen LogP contribution in [0.3, 0.4) is 0 Å². The van der Waals surface area contributed by atoms with Crippen molar-refractivity contribution in [3.8, 4) is 0 Å². The lowest BCUT2D eigenvalue weighted by Crippen LogP contribution is -1.98. The maximum atomic E-state index is 5.85. The molecular weight excluding hydrogens is 223 g/mol. The van der Waals surface area contributed by atoms with Crippen molar-refractivity contribution in [3.63, 3.8) is 0 Å². The van der Waals surface area contributed by atoms with Gasteiger partial charge in [-0.15, -0.1) is 11.6 Å². The Morgan fingerprint density at radius 2 is 2.21 bits per heavy atom. The highest BCUT2D eigenvalue weighted by Crippen LogP contribution is 2.16. The number of nitrogens with zero attached hydrogens (tertiary/aromatic N) is 4. The zero-order chi connectivity index (χ0) is 9.97. The van der Waals surface area contributed by atoms with Crippen LogP contribution in [0, 0.1) is 0 Å². The molecule has 0 aliphatic rings. The normalized spacial score (nSPS) is 11.0. The molecule has 4 nitrogen and oxygen atoms in total. The standard InChI is InChI=1S/C8H8Cl2N4/c9-2-1-3-14-4-6-7(13-14)8(10)12-5-11-6/h4-5H,1-3H2. The van der Waals surface area contributed by atoms with Crippen LogP contribution >= 0.6 is 23.2 Å². The zero-order valence-electron chi connectivity index (χ0n) is 7.32. The van der Waals surface area contributed by atoms with E-state index in [-0.39, 0.29) is 0 Å². The minimum absolute atomic E-state index is 0.389. The molecule has 0 radical (unpaired) electrons. The van der Waals surface area contributed by atoms with Crippen molar-refractivity contribution in [2.45, 2.75) is 13.0 Å². The topological polar surface area (TPSA) is 43.6 Å². The van der Waals surface area contributed by atoms with Crippen molar-refractivity contribution in [1.82, 2.24) is 19.7 Å². The fourth-order valence-electron chi connectivity index (χ4n) is 1.19. The van der Waals surface area contributed by atoms with Crippen LogP contribution in [-0.4, -0.2) is 25.6 Å². The molecule has 2 aromatic heterocycles. The molecular formula is C8H8Cl2N4. The van der Waals surface area contributed by atoms with Gasteiger partial charge in [0.1, 0.15) is 17.4 Å². The molecule has 6 heteroatoms. The fourth-order valence-corrected chi connectivity index (χ4v) is 1.49. The number of fused-ring (bicyclic) bond motifs is 1. The minimum atomic E-state index is 0.389. The van der Waals surface area contributed by atoms with Crippen LogP contribution < -0.4 is 0 Å². The SMILES string of the molecule is ClCCCn1cc2ncnc(Cl)c2n1. The van der Waals surface area contributed by atoms with E-state index in [2.05, 4.69) is 15.1 Å². The lowest BCUT2D eigenvalue weighted by atomic mass is 10.5. The van der Waals surface area contributed by atoms with E-state index < -0.39 is 0 Å². The Hall–Kier alpha value is -0.870. The fraction of sp³-hybridized carbons (Fsp3) is 0.375. The van der Waals surface area contributed by atoms with Crippen molar-refractivity contribution in [2.75, 3.05) is 5.88 Å². The molecule has 0 bridgehead atoms. The van der Waals surface area contributed by atoms with E-state index in [0.717, 1.165) is 18.5 Å². The van der Waals surface area contributed by atoms with Gasteiger partial charge in [0, 0.05) is 12.4 Å². The molecule has 0 aliphatic heterocycles. The van der Waals surface area contributed by atoms with E-state index in [1.165, 1.54) is 6.33 Å². The summed E-state index contributed by atoms with van der Waals surface area (Å²) >= 11 is 11.4. The summed E-state index contributed by atoms with van der Waals surface area (Å²) in [6, 6.07) is 0. The van der Waals surface area contributed by atoms with Crippen LogP contribution in [0.4, 0.5) is 0 Å². The van der Waals surface area contributed by atoms with Gasteiger partial charge in [-0.1, -0.05) is 11.6 Å². The average Bonchev–Trinajstić information content (AvgIpc) is 2.59. The minimum Gasteiger partial charge on any atom is -0.270 e. The number of alkyl halides is 1. The summed E-state index contributed by atoms with van der Waals surface area (Å²) in [5, 5.41) is 4.64. The molecule has 0 atom stereocenters. The van der Waals surface area contributed by atoms with Crippen LogP contribution in [0.1, 0.15) is 6.42 Å². The van der Waals surface area contributed by atoms with Gasteiger partial charge < -0.3 is 0 Å². The molecule has 0 aliphatic carbocycles. The molecule has 0 unspecified atom stereocenters. The van der Waals surface area contributed by atoms with Crippen LogP contribution in [0.2, 0.25) is 5.15 Å². The van der Waals surface area contributed by atoms with Gasteiger partial charge in [0.15, 0.2) is 5.15 Å². The number of halogens is 2. The maximum absolute atomic E-state index is 5.85. The summed E-state index contributed by atoms with van der Waals surface area (Å²) in [4.78, 5) is 7.91. The Bertz CT molecular complexity index is 440. The summed E-state index contributed by atoms with van der Waals surface area (Å²) in [7, 11) is 0. The highest BCUT2D eigenvalue weighted by Gasteiger charge is 2.05. The highest BCUT2D eigenvalue weighted by atomic mass is 35.5. The summed E-state index contributed by atoms with van der Waals surface area (Å²) in [6.07, 6.45) is 4.15. The molecule has 0 saturated heterocycles. The van der Waals surface area contributed by atoms with Gasteiger partial charge in [0.2, 0.25) is 0 Å². The van der Waals surface area contributed by atoms with E-state index in [9.17, 15) is 0 Å². The maximum Gasteiger partial charge on any atom is 0.160 e. The number of rotatable bonds is 3. The van der Waals surface area contributed by atoms with Gasteiger partial charge >= 0.3 is 0 Å². The molecule has 0 aromatic carbocycles. The predicted molar refractivity (Wildman–Crippen MR) is 55.7 cm³/mol. The average molecular weight is 231 g/mol. The molecule has 0 spiro atoms. The Kier molecular flexibility index (Phi) is 2.84. The lowest BCUT2D eigenvalue weighted by Gasteiger charge is -1.95. The Labute approximate surface area is 90.9 Å². The highest BCUT2D eigenvalue weighted by molar-refractivity contribution is 6.33. The first-order valence-corrected chi connectivity index (χ1v) is 5.12. The second-order valence-electron chi connectivity index (χ2n) is 2.83. The molecule has 0 fully saturated rings. The summed E-state index contributed by atoms with van der Waals surface area (Å²) in [5.41, 5.74) is 1.41. The zero-order valence-corrected chi connectivity index (χ0v) is 8.83. The molecule has 0 amide bonds. The number of hydrogen-bond donors (Lipinski definition) is 0. The third-order valence-corrected chi connectivity index (χ3v) is 2.37. The van der Waals surface area contributed by atoms with E-state index in [1.54, 1.807) is 4.68 Å². The van der Waals surface area contributed by atoms with Crippen LogP contribution in [0.5, 0.6) is 0 Å². The lowest BCUT2D eigenvalue weighted by molar-refractivity contribution is 0.611. The molecule has 2 rings (SSSR count). The van der Waals surface area contributed by atoms with Crippen LogP contribution in [-0.2, 0) is 6.54 Å². The summed E-state index contributed by atoms with van der Waals surface area (Å²) in [5.74, 6) is 0.621. The molecule has 2 aromatic rings. The third-order valence-electron chi connectivity index (χ3n) is 1.83. The van der Waals surface area contributed by atoms with Crippen LogP contribution in [0.25, 0.3) is 11.0 Å². The van der Waals surface area contributed by atoms with Gasteiger partial charge in [0.05, 0.1) is 6.20 Å². The number of aryl methyl sites for hydroxylation is 1. The summed E-state index contributed by atoms with van der Waals surface area (Å²) in [6.45, 7) is 0.774. The smallest absolute Gasteiger partial charge is 0.160 e. The van der Waals surface area contributed by atoms with Crippen molar-refractivity contribution >= 4 is 34.2 Å². The Morgan fingerprint density at radius 1 is 1.36 bits per heavy atom. The quantitative estimate of drug-likeness (QED) is 0.600. The van der Waals surface area contributed by atoms with E-state index in [0.29, 0.717) is 16.5 Å². The molecule has 14 heavy (non-hydrogen) atoms. The number of hydrogen-bond acceptors (Lipinski definition) is 3.